The fraction of sp³-hybridized carbons (Fsp3) is 0.636. The van der Waals surface area contributed by atoms with E-state index in [0.717, 1.165) is 13.0 Å². The van der Waals surface area contributed by atoms with Crippen LogP contribution in [0.25, 0.3) is 0 Å². The Morgan fingerprint density at radius 3 is 3.12 bits per heavy atom. The van der Waals surface area contributed by atoms with Gasteiger partial charge in [0.25, 0.3) is 0 Å². The molecule has 6 heteroatoms. The van der Waals surface area contributed by atoms with Gasteiger partial charge in [0, 0.05) is 12.5 Å². The Hall–Kier alpha value is -1.07. The van der Waals surface area contributed by atoms with E-state index in [1.54, 1.807) is 0 Å². The van der Waals surface area contributed by atoms with Crippen LogP contribution in [0.15, 0.2) is 6.20 Å². The molecule has 0 aromatic carbocycles. The quantitative estimate of drug-likeness (QED) is 0.859. The van der Waals surface area contributed by atoms with Gasteiger partial charge in [-0.25, -0.2) is 4.98 Å². The molecular formula is C11H15ClN4O. The molecule has 0 aliphatic carbocycles. The minimum atomic E-state index is 0.237. The molecule has 3 heterocycles. The Morgan fingerprint density at radius 2 is 2.41 bits per heavy atom. The van der Waals surface area contributed by atoms with Gasteiger partial charge in [-0.05, 0) is 19.3 Å². The lowest BCUT2D eigenvalue weighted by atomic mass is 9.89. The number of halogens is 1. The lowest BCUT2D eigenvalue weighted by molar-refractivity contribution is 0.0941. The van der Waals surface area contributed by atoms with Crippen molar-refractivity contribution >= 4 is 23.4 Å². The van der Waals surface area contributed by atoms with Crippen LogP contribution in [0.4, 0.5) is 11.8 Å². The molecule has 3 atom stereocenters. The van der Waals surface area contributed by atoms with Crippen molar-refractivity contribution in [3.63, 3.8) is 0 Å². The highest BCUT2D eigenvalue weighted by Gasteiger charge is 2.40. The maximum atomic E-state index is 5.99. The van der Waals surface area contributed by atoms with Crippen LogP contribution < -0.4 is 11.1 Å². The summed E-state index contributed by atoms with van der Waals surface area (Å²) in [5, 5.41) is 3.74. The first kappa shape index (κ1) is 11.0. The van der Waals surface area contributed by atoms with E-state index >= 15 is 0 Å². The van der Waals surface area contributed by atoms with Crippen molar-refractivity contribution in [1.82, 2.24) is 9.97 Å². The molecule has 0 spiro atoms. The van der Waals surface area contributed by atoms with Crippen LogP contribution in [0, 0.1) is 5.92 Å². The Morgan fingerprint density at radius 1 is 1.53 bits per heavy atom. The summed E-state index contributed by atoms with van der Waals surface area (Å²) in [6.45, 7) is 0.831. The van der Waals surface area contributed by atoms with Crippen molar-refractivity contribution in [3.05, 3.63) is 11.2 Å². The number of aromatic nitrogens is 2. The molecule has 2 saturated heterocycles. The van der Waals surface area contributed by atoms with Crippen LogP contribution in [0.2, 0.25) is 5.02 Å². The first-order valence-electron chi connectivity index (χ1n) is 5.89. The highest BCUT2D eigenvalue weighted by Crippen LogP contribution is 2.38. The number of nitrogens with two attached hydrogens (primary N) is 1. The number of ether oxygens (including phenoxy) is 1. The van der Waals surface area contributed by atoms with Crippen molar-refractivity contribution in [2.45, 2.75) is 31.5 Å². The van der Waals surface area contributed by atoms with E-state index in [0.29, 0.717) is 29.0 Å². The molecule has 3 rings (SSSR count). The van der Waals surface area contributed by atoms with Crippen molar-refractivity contribution in [2.75, 3.05) is 17.6 Å². The van der Waals surface area contributed by atoms with E-state index in [-0.39, 0.29) is 5.95 Å². The second-order valence-electron chi connectivity index (χ2n) is 4.68. The summed E-state index contributed by atoms with van der Waals surface area (Å²) < 4.78 is 5.80. The zero-order valence-electron chi connectivity index (χ0n) is 9.40. The van der Waals surface area contributed by atoms with Gasteiger partial charge in [-0.1, -0.05) is 11.6 Å². The third kappa shape index (κ3) is 2.17. The standard InChI is InChI=1S/C11H15ClN4O/c12-8-5-15-11(13)16-10(8)14-4-6-3-7-1-2-9(6)17-7/h5-7,9H,1-4H2,(H3,13,14,15,16). The van der Waals surface area contributed by atoms with Crippen molar-refractivity contribution in [3.8, 4) is 0 Å². The molecule has 1 aromatic heterocycles. The van der Waals surface area contributed by atoms with Gasteiger partial charge in [-0.2, -0.15) is 4.98 Å². The van der Waals surface area contributed by atoms with Crippen molar-refractivity contribution in [2.24, 2.45) is 5.92 Å². The van der Waals surface area contributed by atoms with Crippen LogP contribution >= 0.6 is 11.6 Å². The molecule has 1 aromatic rings. The predicted molar refractivity (Wildman–Crippen MR) is 65.9 cm³/mol. The molecule has 2 fully saturated rings. The first-order chi connectivity index (χ1) is 8.22. The third-order valence-electron chi connectivity index (χ3n) is 3.53. The summed E-state index contributed by atoms with van der Waals surface area (Å²) in [4.78, 5) is 7.91. The molecule has 0 amide bonds. The Labute approximate surface area is 105 Å². The number of nitrogens with one attached hydrogen (secondary N) is 1. The predicted octanol–water partition coefficient (Wildman–Crippen LogP) is 1.69. The fourth-order valence-electron chi connectivity index (χ4n) is 2.69. The number of hydrogen-bond acceptors (Lipinski definition) is 5. The summed E-state index contributed by atoms with van der Waals surface area (Å²) in [7, 11) is 0. The number of nitrogens with zero attached hydrogens (tertiary/aromatic N) is 2. The minimum Gasteiger partial charge on any atom is -0.375 e. The minimum absolute atomic E-state index is 0.237. The molecule has 3 unspecified atom stereocenters. The van der Waals surface area contributed by atoms with E-state index in [1.807, 2.05) is 0 Å². The lowest BCUT2D eigenvalue weighted by Gasteiger charge is -2.19. The van der Waals surface area contributed by atoms with Gasteiger partial charge in [0.15, 0.2) is 0 Å². The van der Waals surface area contributed by atoms with Gasteiger partial charge in [0.1, 0.15) is 10.8 Å². The molecule has 92 valence electrons. The van der Waals surface area contributed by atoms with E-state index in [1.165, 1.54) is 19.0 Å². The highest BCUT2D eigenvalue weighted by atomic mass is 35.5. The summed E-state index contributed by atoms with van der Waals surface area (Å²) in [5.41, 5.74) is 5.53. The van der Waals surface area contributed by atoms with Gasteiger partial charge < -0.3 is 15.8 Å². The van der Waals surface area contributed by atoms with Crippen molar-refractivity contribution in [1.29, 1.82) is 0 Å². The molecule has 5 nitrogen and oxygen atoms in total. The monoisotopic (exact) mass is 254 g/mol. The van der Waals surface area contributed by atoms with E-state index < -0.39 is 0 Å². The number of fused-ring (bicyclic) bond motifs is 2. The van der Waals surface area contributed by atoms with Gasteiger partial charge in [0.2, 0.25) is 5.95 Å². The van der Waals surface area contributed by atoms with Gasteiger partial charge >= 0.3 is 0 Å². The van der Waals surface area contributed by atoms with Gasteiger partial charge in [-0.15, -0.1) is 0 Å². The SMILES string of the molecule is Nc1ncc(Cl)c(NCC2CC3CCC2O3)n1. The second kappa shape index (κ2) is 4.31. The Balaban J connectivity index is 1.62. The highest BCUT2D eigenvalue weighted by molar-refractivity contribution is 6.32. The largest absolute Gasteiger partial charge is 0.375 e. The molecule has 3 N–H and O–H groups in total. The van der Waals surface area contributed by atoms with Crippen LogP contribution in [0.1, 0.15) is 19.3 Å². The third-order valence-corrected chi connectivity index (χ3v) is 3.80. The zero-order valence-corrected chi connectivity index (χ0v) is 10.2. The number of rotatable bonds is 3. The fourth-order valence-corrected chi connectivity index (χ4v) is 2.85. The summed E-state index contributed by atoms with van der Waals surface area (Å²) in [6.07, 6.45) is 5.92. The number of anilines is 2. The topological polar surface area (TPSA) is 73.1 Å². The average Bonchev–Trinajstić information content (AvgIpc) is 2.92. The van der Waals surface area contributed by atoms with Crippen LogP contribution in [-0.4, -0.2) is 28.7 Å². The maximum Gasteiger partial charge on any atom is 0.222 e. The molecule has 0 radical (unpaired) electrons. The molecule has 0 saturated carbocycles. The molecular weight excluding hydrogens is 240 g/mol. The normalized spacial score (nSPS) is 30.8. The van der Waals surface area contributed by atoms with Crippen LogP contribution in [-0.2, 0) is 4.74 Å². The second-order valence-corrected chi connectivity index (χ2v) is 5.08. The molecule has 2 aliphatic rings. The summed E-state index contributed by atoms with van der Waals surface area (Å²) in [6, 6.07) is 0. The van der Waals surface area contributed by atoms with Crippen LogP contribution in [0.3, 0.4) is 0 Å². The van der Waals surface area contributed by atoms with Crippen LogP contribution in [0.5, 0.6) is 0 Å². The Bertz CT molecular complexity index is 428. The van der Waals surface area contributed by atoms with E-state index in [2.05, 4.69) is 15.3 Å². The number of hydrogen-bond donors (Lipinski definition) is 2. The lowest BCUT2D eigenvalue weighted by Crippen LogP contribution is -2.24. The van der Waals surface area contributed by atoms with Gasteiger partial charge in [0.05, 0.1) is 18.4 Å². The zero-order chi connectivity index (χ0) is 11.8. The van der Waals surface area contributed by atoms with Crippen molar-refractivity contribution < 1.29 is 4.74 Å². The summed E-state index contributed by atoms with van der Waals surface area (Å²) >= 11 is 5.99. The Kier molecular flexibility index (Phi) is 2.80. The average molecular weight is 255 g/mol. The molecule has 2 aliphatic heterocycles. The maximum absolute atomic E-state index is 5.99. The molecule has 17 heavy (non-hydrogen) atoms. The first-order valence-corrected chi connectivity index (χ1v) is 6.27. The number of nitrogen functional groups attached to an aromatic ring is 1. The van der Waals surface area contributed by atoms with E-state index in [4.69, 9.17) is 22.1 Å². The summed E-state index contributed by atoms with van der Waals surface area (Å²) in [5.74, 6) is 1.41. The van der Waals surface area contributed by atoms with E-state index in [9.17, 15) is 0 Å². The smallest absolute Gasteiger partial charge is 0.222 e. The van der Waals surface area contributed by atoms with Gasteiger partial charge in [-0.3, -0.25) is 0 Å². The molecule has 2 bridgehead atoms.